The topological polar surface area (TPSA) is 66.9 Å². The van der Waals surface area contributed by atoms with E-state index in [0.29, 0.717) is 18.7 Å². The molecule has 0 N–H and O–H groups in total. The Bertz CT molecular complexity index is 673. The van der Waals surface area contributed by atoms with Crippen molar-refractivity contribution in [3.8, 4) is 0 Å². The number of carbonyl (C=O) groups is 1. The zero-order chi connectivity index (χ0) is 16.6. The second kappa shape index (κ2) is 6.22. The molecule has 2 aliphatic rings. The van der Waals surface area contributed by atoms with Crippen LogP contribution >= 0.6 is 0 Å². The van der Waals surface area contributed by atoms with Gasteiger partial charge in [0.05, 0.1) is 17.1 Å². The van der Waals surface area contributed by atoms with Crippen LogP contribution in [0.4, 0.5) is 0 Å². The van der Waals surface area contributed by atoms with E-state index in [1.807, 2.05) is 13.8 Å². The zero-order valence-corrected chi connectivity index (χ0v) is 14.3. The number of morpholine rings is 1. The van der Waals surface area contributed by atoms with Crippen LogP contribution in [0.3, 0.4) is 0 Å². The van der Waals surface area contributed by atoms with Gasteiger partial charge < -0.3 is 9.64 Å². The molecule has 0 unspecified atom stereocenters. The predicted molar refractivity (Wildman–Crippen MR) is 85.7 cm³/mol. The molecule has 1 aromatic carbocycles. The summed E-state index contributed by atoms with van der Waals surface area (Å²) in [5.41, 5.74) is 0.535. The third kappa shape index (κ3) is 3.27. The minimum atomic E-state index is -3.55. The van der Waals surface area contributed by atoms with Gasteiger partial charge in [-0.3, -0.25) is 4.79 Å². The highest BCUT2D eigenvalue weighted by molar-refractivity contribution is 7.89. The van der Waals surface area contributed by atoms with Crippen molar-refractivity contribution in [1.82, 2.24) is 9.21 Å². The van der Waals surface area contributed by atoms with E-state index in [1.165, 1.54) is 16.4 Å². The predicted octanol–water partition coefficient (Wildman–Crippen LogP) is 1.33. The molecular formula is C16H22N2O4S. The van der Waals surface area contributed by atoms with Gasteiger partial charge in [-0.05, 0) is 44.5 Å². The van der Waals surface area contributed by atoms with Crippen molar-refractivity contribution in [3.05, 3.63) is 29.8 Å². The van der Waals surface area contributed by atoms with E-state index in [2.05, 4.69) is 0 Å². The summed E-state index contributed by atoms with van der Waals surface area (Å²) in [6.07, 6.45) is 0.785. The fourth-order valence-electron chi connectivity index (χ4n) is 2.95. The fraction of sp³-hybridized carbons (Fsp3) is 0.562. The molecule has 2 aliphatic heterocycles. The van der Waals surface area contributed by atoms with Gasteiger partial charge in [0.2, 0.25) is 10.0 Å². The van der Waals surface area contributed by atoms with Crippen molar-refractivity contribution >= 4 is 15.9 Å². The van der Waals surface area contributed by atoms with Gasteiger partial charge in [0.25, 0.3) is 5.91 Å². The van der Waals surface area contributed by atoms with Crippen molar-refractivity contribution in [2.24, 2.45) is 0 Å². The van der Waals surface area contributed by atoms with Crippen LogP contribution in [0.1, 0.15) is 30.6 Å². The highest BCUT2D eigenvalue weighted by atomic mass is 32.2. The number of ether oxygens (including phenoxy) is 1. The third-order valence-corrected chi connectivity index (χ3v) is 6.11. The molecule has 2 saturated heterocycles. The summed E-state index contributed by atoms with van der Waals surface area (Å²) in [5.74, 6) is -0.0335. The summed E-state index contributed by atoms with van der Waals surface area (Å²) in [7, 11) is -3.55. The van der Waals surface area contributed by atoms with Crippen molar-refractivity contribution < 1.29 is 17.9 Å². The zero-order valence-electron chi connectivity index (χ0n) is 13.4. The Morgan fingerprint density at radius 1 is 1.09 bits per heavy atom. The Hall–Kier alpha value is -1.44. The highest BCUT2D eigenvalue weighted by Gasteiger charge is 2.32. The monoisotopic (exact) mass is 338 g/mol. The molecule has 0 bridgehead atoms. The van der Waals surface area contributed by atoms with Crippen LogP contribution in [-0.2, 0) is 14.8 Å². The Balaban J connectivity index is 1.78. The van der Waals surface area contributed by atoms with Crippen LogP contribution in [0.5, 0.6) is 0 Å². The van der Waals surface area contributed by atoms with Crippen LogP contribution in [0, 0.1) is 0 Å². The lowest BCUT2D eigenvalue weighted by atomic mass is 10.1. The maximum Gasteiger partial charge on any atom is 0.253 e. The van der Waals surface area contributed by atoms with Gasteiger partial charge in [0.15, 0.2) is 0 Å². The fourth-order valence-corrected chi connectivity index (χ4v) is 4.54. The quantitative estimate of drug-likeness (QED) is 0.834. The maximum absolute atomic E-state index is 12.7. The smallest absolute Gasteiger partial charge is 0.253 e. The van der Waals surface area contributed by atoms with Crippen molar-refractivity contribution in [3.63, 3.8) is 0 Å². The van der Waals surface area contributed by atoms with Gasteiger partial charge in [0.1, 0.15) is 0 Å². The molecule has 0 aromatic heterocycles. The summed E-state index contributed by atoms with van der Waals surface area (Å²) >= 11 is 0. The van der Waals surface area contributed by atoms with Crippen LogP contribution in [0.15, 0.2) is 29.2 Å². The van der Waals surface area contributed by atoms with Crippen LogP contribution < -0.4 is 0 Å². The number of benzene rings is 1. The molecule has 6 nitrogen and oxygen atoms in total. The molecular weight excluding hydrogens is 316 g/mol. The molecule has 1 amide bonds. The normalized spacial score (nSPS) is 25.9. The standard InChI is InChI=1S/C16H22N2O4S/c1-12-10-18(11-13(2)22-12)23(20,21)15-6-4-14(5-7-15)16(19)17-8-3-9-17/h4-7,12-13H,3,8-11H2,1-2H3/t12-,13+. The van der Waals surface area contributed by atoms with E-state index < -0.39 is 10.0 Å². The number of rotatable bonds is 3. The van der Waals surface area contributed by atoms with Gasteiger partial charge in [-0.15, -0.1) is 0 Å². The third-order valence-electron chi connectivity index (χ3n) is 4.27. The molecule has 2 fully saturated rings. The number of carbonyl (C=O) groups excluding carboxylic acids is 1. The largest absolute Gasteiger partial charge is 0.373 e. The molecule has 2 heterocycles. The van der Waals surface area contributed by atoms with E-state index in [0.717, 1.165) is 19.5 Å². The van der Waals surface area contributed by atoms with Crippen molar-refractivity contribution in [1.29, 1.82) is 0 Å². The van der Waals surface area contributed by atoms with E-state index in [1.54, 1.807) is 17.0 Å². The van der Waals surface area contributed by atoms with Gasteiger partial charge in [-0.25, -0.2) is 8.42 Å². The Morgan fingerprint density at radius 2 is 1.65 bits per heavy atom. The van der Waals surface area contributed by atoms with Gasteiger partial charge in [-0.2, -0.15) is 4.31 Å². The minimum Gasteiger partial charge on any atom is -0.373 e. The lowest BCUT2D eigenvalue weighted by Gasteiger charge is -2.34. The lowest BCUT2D eigenvalue weighted by molar-refractivity contribution is -0.0440. The number of hydrogen-bond acceptors (Lipinski definition) is 4. The number of amides is 1. The SMILES string of the molecule is C[C@@H]1CN(S(=O)(=O)c2ccc(C(=O)N3CCC3)cc2)C[C@H](C)O1. The number of hydrogen-bond donors (Lipinski definition) is 0. The summed E-state index contributed by atoms with van der Waals surface area (Å²) < 4.78 is 32.5. The Kier molecular flexibility index (Phi) is 4.44. The minimum absolute atomic E-state index is 0.0335. The summed E-state index contributed by atoms with van der Waals surface area (Å²) in [6, 6.07) is 6.24. The van der Waals surface area contributed by atoms with Crippen LogP contribution in [-0.4, -0.2) is 61.9 Å². The highest BCUT2D eigenvalue weighted by Crippen LogP contribution is 2.22. The van der Waals surface area contributed by atoms with Gasteiger partial charge >= 0.3 is 0 Å². The summed E-state index contributed by atoms with van der Waals surface area (Å²) in [4.78, 5) is 14.1. The summed E-state index contributed by atoms with van der Waals surface area (Å²) in [5, 5.41) is 0. The molecule has 3 rings (SSSR count). The molecule has 0 saturated carbocycles. The first-order valence-corrected chi connectivity index (χ1v) is 9.37. The lowest BCUT2D eigenvalue weighted by Crippen LogP contribution is -2.48. The average Bonchev–Trinajstić information content (AvgIpc) is 2.44. The molecule has 23 heavy (non-hydrogen) atoms. The Morgan fingerprint density at radius 3 is 2.13 bits per heavy atom. The molecule has 126 valence electrons. The van der Waals surface area contributed by atoms with E-state index in [-0.39, 0.29) is 23.0 Å². The van der Waals surface area contributed by atoms with E-state index in [9.17, 15) is 13.2 Å². The van der Waals surface area contributed by atoms with E-state index >= 15 is 0 Å². The van der Waals surface area contributed by atoms with Crippen molar-refractivity contribution in [2.45, 2.75) is 37.4 Å². The average molecular weight is 338 g/mol. The van der Waals surface area contributed by atoms with Crippen molar-refractivity contribution in [2.75, 3.05) is 26.2 Å². The first-order chi connectivity index (χ1) is 10.9. The van der Waals surface area contributed by atoms with Crippen LogP contribution in [0.2, 0.25) is 0 Å². The summed E-state index contributed by atoms with van der Waals surface area (Å²) in [6.45, 7) is 5.99. The number of nitrogens with zero attached hydrogens (tertiary/aromatic N) is 2. The second-order valence-electron chi connectivity index (χ2n) is 6.25. The van der Waals surface area contributed by atoms with E-state index in [4.69, 9.17) is 4.74 Å². The number of likely N-dealkylation sites (tertiary alicyclic amines) is 1. The molecule has 7 heteroatoms. The van der Waals surface area contributed by atoms with Crippen LogP contribution in [0.25, 0.3) is 0 Å². The second-order valence-corrected chi connectivity index (χ2v) is 8.19. The van der Waals surface area contributed by atoms with Gasteiger partial charge in [0, 0.05) is 31.7 Å². The molecule has 1 aromatic rings. The van der Waals surface area contributed by atoms with Gasteiger partial charge in [-0.1, -0.05) is 0 Å². The molecule has 0 aliphatic carbocycles. The first-order valence-electron chi connectivity index (χ1n) is 7.93. The number of sulfonamides is 1. The molecule has 0 spiro atoms. The molecule has 0 radical (unpaired) electrons. The maximum atomic E-state index is 12.7. The first kappa shape index (κ1) is 16.4. The molecule has 2 atom stereocenters. The Labute approximate surface area is 137 Å².